The van der Waals surface area contributed by atoms with E-state index in [-0.39, 0.29) is 10.8 Å². The highest BCUT2D eigenvalue weighted by Crippen LogP contribution is 2.52. The largest absolute Gasteiger partial charge is 0.308 e. The third kappa shape index (κ3) is 3.81. The van der Waals surface area contributed by atoms with Crippen molar-refractivity contribution < 1.29 is 0 Å². The maximum atomic E-state index is 4.41. The highest BCUT2D eigenvalue weighted by Gasteiger charge is 2.28. The smallest absolute Gasteiger partial charge is 0.0601 e. The van der Waals surface area contributed by atoms with E-state index in [2.05, 4.69) is 107 Å². The van der Waals surface area contributed by atoms with Gasteiger partial charge in [-0.3, -0.25) is 4.98 Å². The highest BCUT2D eigenvalue weighted by atomic mass is 32.2. The first-order valence-electron chi connectivity index (χ1n) is 10.2. The molecule has 0 spiro atoms. The predicted octanol–water partition coefficient (Wildman–Crippen LogP) is 7.92. The molecular weight excluding hydrogens is 372 g/mol. The Kier molecular flexibility index (Phi) is 4.77. The molecule has 29 heavy (non-hydrogen) atoms. The topological polar surface area (TPSA) is 16.1 Å². The molecule has 0 radical (unpaired) electrons. The molecule has 0 N–H and O–H groups in total. The third-order valence-electron chi connectivity index (χ3n) is 5.49. The van der Waals surface area contributed by atoms with Crippen LogP contribution < -0.4 is 4.90 Å². The fourth-order valence-electron chi connectivity index (χ4n) is 3.69. The maximum Gasteiger partial charge on any atom is 0.0601 e. The van der Waals surface area contributed by atoms with Crippen molar-refractivity contribution in [3.63, 3.8) is 0 Å². The Morgan fingerprint density at radius 1 is 0.724 bits per heavy atom. The van der Waals surface area contributed by atoms with Gasteiger partial charge in [0.1, 0.15) is 0 Å². The SMILES string of the molecule is Cc1cc(N2c3ccc(C(C)(C)C)cc3Sc3cc(C(C)(C)C)ccc32)ccn1. The Bertz CT molecular complexity index is 1010. The third-order valence-corrected chi connectivity index (χ3v) is 6.59. The van der Waals surface area contributed by atoms with Crippen molar-refractivity contribution in [2.45, 2.75) is 69.1 Å². The van der Waals surface area contributed by atoms with E-state index >= 15 is 0 Å². The molecule has 2 aromatic carbocycles. The van der Waals surface area contributed by atoms with Gasteiger partial charge < -0.3 is 4.90 Å². The van der Waals surface area contributed by atoms with Gasteiger partial charge in [0.2, 0.25) is 0 Å². The molecule has 0 bridgehead atoms. The van der Waals surface area contributed by atoms with Gasteiger partial charge >= 0.3 is 0 Å². The van der Waals surface area contributed by atoms with Crippen LogP contribution in [0, 0.1) is 6.92 Å². The number of nitrogens with zero attached hydrogens (tertiary/aromatic N) is 2. The van der Waals surface area contributed by atoms with Crippen molar-refractivity contribution in [3.8, 4) is 0 Å². The van der Waals surface area contributed by atoms with Crippen LogP contribution >= 0.6 is 11.8 Å². The molecule has 2 nitrogen and oxygen atoms in total. The standard InChI is InChI=1S/C26H30N2S/c1-17-14-20(12-13-27-17)28-21-10-8-18(25(2,3)4)15-23(21)29-24-16-19(26(5,6)7)9-11-22(24)28/h8-16H,1-7H3. The van der Waals surface area contributed by atoms with Crippen LogP contribution in [-0.2, 0) is 10.8 Å². The molecule has 3 aromatic rings. The van der Waals surface area contributed by atoms with Crippen molar-refractivity contribution in [1.82, 2.24) is 4.98 Å². The summed E-state index contributed by atoms with van der Waals surface area (Å²) < 4.78 is 0. The Morgan fingerprint density at radius 2 is 1.24 bits per heavy atom. The van der Waals surface area contributed by atoms with Crippen LogP contribution in [-0.4, -0.2) is 4.98 Å². The van der Waals surface area contributed by atoms with Gasteiger partial charge in [-0.25, -0.2) is 0 Å². The van der Waals surface area contributed by atoms with E-state index in [1.807, 2.05) is 18.0 Å². The van der Waals surface area contributed by atoms with Crippen molar-refractivity contribution in [3.05, 3.63) is 71.5 Å². The van der Waals surface area contributed by atoms with Gasteiger partial charge in [-0.05, 0) is 65.3 Å². The van der Waals surface area contributed by atoms with Gasteiger partial charge in [0.15, 0.2) is 0 Å². The van der Waals surface area contributed by atoms with Gasteiger partial charge in [0, 0.05) is 27.4 Å². The van der Waals surface area contributed by atoms with E-state index in [4.69, 9.17) is 0 Å². The number of benzene rings is 2. The summed E-state index contributed by atoms with van der Waals surface area (Å²) >= 11 is 1.89. The molecule has 3 heteroatoms. The lowest BCUT2D eigenvalue weighted by Gasteiger charge is -2.35. The van der Waals surface area contributed by atoms with E-state index < -0.39 is 0 Å². The van der Waals surface area contributed by atoms with Gasteiger partial charge in [0.05, 0.1) is 11.4 Å². The summed E-state index contributed by atoms with van der Waals surface area (Å²) in [6.45, 7) is 15.7. The Hall–Kier alpha value is -2.26. The second kappa shape index (κ2) is 6.91. The van der Waals surface area contributed by atoms with Crippen LogP contribution in [0.1, 0.15) is 58.4 Å². The molecule has 1 aliphatic rings. The number of hydrogen-bond acceptors (Lipinski definition) is 3. The van der Waals surface area contributed by atoms with E-state index in [0.29, 0.717) is 0 Å². The summed E-state index contributed by atoms with van der Waals surface area (Å²) in [5.41, 5.74) is 7.65. The highest BCUT2D eigenvalue weighted by molar-refractivity contribution is 7.99. The first-order valence-corrected chi connectivity index (χ1v) is 11.1. The lowest BCUT2D eigenvalue weighted by Crippen LogP contribution is -2.18. The molecule has 150 valence electrons. The van der Waals surface area contributed by atoms with Crippen LogP contribution in [0.15, 0.2) is 64.5 Å². The van der Waals surface area contributed by atoms with Crippen molar-refractivity contribution in [1.29, 1.82) is 0 Å². The van der Waals surface area contributed by atoms with E-state index in [1.165, 1.54) is 32.3 Å². The van der Waals surface area contributed by atoms with E-state index in [0.717, 1.165) is 11.4 Å². The average Bonchev–Trinajstić information content (AvgIpc) is 2.63. The van der Waals surface area contributed by atoms with Gasteiger partial charge in [-0.2, -0.15) is 0 Å². The summed E-state index contributed by atoms with van der Waals surface area (Å²) in [5.74, 6) is 0. The summed E-state index contributed by atoms with van der Waals surface area (Å²) in [7, 11) is 0. The fourth-order valence-corrected chi connectivity index (χ4v) is 4.83. The second-order valence-corrected chi connectivity index (χ2v) is 11.0. The normalized spacial score (nSPS) is 13.8. The maximum absolute atomic E-state index is 4.41. The molecule has 0 aliphatic carbocycles. The fraction of sp³-hybridized carbons (Fsp3) is 0.346. The number of rotatable bonds is 1. The monoisotopic (exact) mass is 402 g/mol. The molecule has 4 rings (SSSR count). The minimum atomic E-state index is 0.126. The van der Waals surface area contributed by atoms with Crippen LogP contribution in [0.2, 0.25) is 0 Å². The quantitative estimate of drug-likeness (QED) is 0.322. The van der Waals surface area contributed by atoms with E-state index in [1.54, 1.807) is 0 Å². The summed E-state index contributed by atoms with van der Waals surface area (Å²) in [6, 6.07) is 18.1. The molecule has 0 saturated carbocycles. The second-order valence-electron chi connectivity index (χ2n) is 9.96. The van der Waals surface area contributed by atoms with Gasteiger partial charge in [-0.1, -0.05) is 65.4 Å². The number of aromatic nitrogens is 1. The first kappa shape index (κ1) is 20.0. The molecule has 0 atom stereocenters. The molecule has 2 heterocycles. The van der Waals surface area contributed by atoms with Crippen LogP contribution in [0.4, 0.5) is 17.1 Å². The van der Waals surface area contributed by atoms with Crippen molar-refractivity contribution in [2.75, 3.05) is 4.90 Å². The van der Waals surface area contributed by atoms with Crippen molar-refractivity contribution >= 4 is 28.8 Å². The summed E-state index contributed by atoms with van der Waals surface area (Å²) in [6.07, 6.45) is 1.90. The zero-order valence-electron chi connectivity index (χ0n) is 18.5. The van der Waals surface area contributed by atoms with Gasteiger partial charge in [-0.15, -0.1) is 0 Å². The van der Waals surface area contributed by atoms with Crippen molar-refractivity contribution in [2.24, 2.45) is 0 Å². The lowest BCUT2D eigenvalue weighted by molar-refractivity contribution is 0.588. The summed E-state index contributed by atoms with van der Waals surface area (Å²) in [5, 5.41) is 0. The predicted molar refractivity (Wildman–Crippen MR) is 125 cm³/mol. The number of fused-ring (bicyclic) bond motifs is 2. The number of hydrogen-bond donors (Lipinski definition) is 0. The Morgan fingerprint density at radius 3 is 1.69 bits per heavy atom. The van der Waals surface area contributed by atoms with E-state index in [9.17, 15) is 0 Å². The number of anilines is 3. The molecule has 0 amide bonds. The Labute approximate surface area is 179 Å². The molecule has 0 saturated heterocycles. The zero-order chi connectivity index (χ0) is 21.0. The van der Waals surface area contributed by atoms with Crippen LogP contribution in [0.5, 0.6) is 0 Å². The molecular formula is C26H30N2S. The van der Waals surface area contributed by atoms with Gasteiger partial charge in [0.25, 0.3) is 0 Å². The Balaban J connectivity index is 1.93. The molecule has 0 unspecified atom stereocenters. The number of aryl methyl sites for hydroxylation is 1. The first-order chi connectivity index (χ1) is 13.5. The minimum absolute atomic E-state index is 0.126. The number of pyridine rings is 1. The van der Waals surface area contributed by atoms with Crippen LogP contribution in [0.25, 0.3) is 0 Å². The molecule has 0 fully saturated rings. The molecule has 1 aliphatic heterocycles. The summed E-state index contributed by atoms with van der Waals surface area (Å²) in [4.78, 5) is 9.41. The molecule has 1 aromatic heterocycles. The zero-order valence-corrected chi connectivity index (χ0v) is 19.3. The minimum Gasteiger partial charge on any atom is -0.308 e. The lowest BCUT2D eigenvalue weighted by atomic mass is 9.86. The van der Waals surface area contributed by atoms with Crippen LogP contribution in [0.3, 0.4) is 0 Å². The average molecular weight is 403 g/mol.